The molecule has 30 heavy (non-hydrogen) atoms. The number of rotatable bonds is 9. The Hall–Kier alpha value is -3.62. The van der Waals surface area contributed by atoms with Gasteiger partial charge in [0.15, 0.2) is 5.76 Å². The average molecular weight is 411 g/mol. The molecule has 158 valence electrons. The summed E-state index contributed by atoms with van der Waals surface area (Å²) in [7, 11) is 1.57. The maximum Gasteiger partial charge on any atom is 0.242 e. The fourth-order valence-corrected chi connectivity index (χ4v) is 2.81. The summed E-state index contributed by atoms with van der Waals surface area (Å²) >= 11 is 0. The molecule has 1 aromatic carbocycles. The number of ether oxygens (including phenoxy) is 1. The van der Waals surface area contributed by atoms with Gasteiger partial charge in [0.25, 0.3) is 0 Å². The van der Waals surface area contributed by atoms with E-state index in [0.29, 0.717) is 17.2 Å². The zero-order chi connectivity index (χ0) is 21.5. The van der Waals surface area contributed by atoms with Gasteiger partial charge in [-0.15, -0.1) is 0 Å². The van der Waals surface area contributed by atoms with Crippen LogP contribution in [0.2, 0.25) is 0 Å². The average Bonchev–Trinajstić information content (AvgIpc) is 3.36. The zero-order valence-corrected chi connectivity index (χ0v) is 17.2. The van der Waals surface area contributed by atoms with Gasteiger partial charge in [-0.2, -0.15) is 5.10 Å². The summed E-state index contributed by atoms with van der Waals surface area (Å²) in [5, 5.41) is 13.6. The second kappa shape index (κ2) is 9.73. The summed E-state index contributed by atoms with van der Waals surface area (Å²) in [6, 6.07) is 9.17. The molecular weight excluding hydrogens is 386 g/mol. The Kier molecular flexibility index (Phi) is 6.84. The first kappa shape index (κ1) is 21.1. The van der Waals surface area contributed by atoms with Crippen LogP contribution in [0, 0.1) is 0 Å². The van der Waals surface area contributed by atoms with Crippen molar-refractivity contribution in [3.8, 4) is 5.75 Å². The highest BCUT2D eigenvalue weighted by Crippen LogP contribution is 2.18. The first-order chi connectivity index (χ1) is 14.4. The van der Waals surface area contributed by atoms with Crippen LogP contribution in [0.5, 0.6) is 5.75 Å². The molecule has 0 saturated carbocycles. The van der Waals surface area contributed by atoms with Crippen LogP contribution in [0.15, 0.2) is 47.2 Å². The highest BCUT2D eigenvalue weighted by Gasteiger charge is 2.12. The van der Waals surface area contributed by atoms with Crippen molar-refractivity contribution in [3.63, 3.8) is 0 Å². The van der Waals surface area contributed by atoms with E-state index >= 15 is 0 Å². The molecule has 0 saturated heterocycles. The maximum absolute atomic E-state index is 12.3. The minimum absolute atomic E-state index is 0.0214. The van der Waals surface area contributed by atoms with E-state index in [2.05, 4.69) is 20.9 Å². The molecule has 3 aromatic rings. The zero-order valence-electron chi connectivity index (χ0n) is 17.2. The van der Waals surface area contributed by atoms with Crippen molar-refractivity contribution in [3.05, 3.63) is 59.7 Å². The van der Waals surface area contributed by atoms with Crippen molar-refractivity contribution in [1.29, 1.82) is 0 Å². The molecule has 3 rings (SSSR count). The predicted octanol–water partition coefficient (Wildman–Crippen LogP) is 2.50. The molecule has 0 radical (unpaired) electrons. The summed E-state index contributed by atoms with van der Waals surface area (Å²) in [6.45, 7) is 4.31. The van der Waals surface area contributed by atoms with Gasteiger partial charge < -0.3 is 19.9 Å². The van der Waals surface area contributed by atoms with Gasteiger partial charge in [0.2, 0.25) is 11.8 Å². The Balaban J connectivity index is 1.48. The van der Waals surface area contributed by atoms with Crippen LogP contribution >= 0.6 is 0 Å². The van der Waals surface area contributed by atoms with Gasteiger partial charge in [-0.1, -0.05) is 37.2 Å². The number of para-hydroxylation sites is 1. The Bertz CT molecular complexity index is 1010. The molecule has 0 aliphatic rings. The van der Waals surface area contributed by atoms with Gasteiger partial charge in [0.1, 0.15) is 12.3 Å². The lowest BCUT2D eigenvalue weighted by Gasteiger charge is -2.07. The van der Waals surface area contributed by atoms with E-state index in [1.165, 1.54) is 10.9 Å². The highest BCUT2D eigenvalue weighted by molar-refractivity contribution is 5.92. The van der Waals surface area contributed by atoms with Gasteiger partial charge >= 0.3 is 0 Å². The molecule has 0 spiro atoms. The largest absolute Gasteiger partial charge is 0.496 e. The topological polar surface area (TPSA) is 111 Å². The summed E-state index contributed by atoms with van der Waals surface area (Å²) < 4.78 is 11.9. The van der Waals surface area contributed by atoms with Gasteiger partial charge in [0, 0.05) is 17.8 Å². The fourth-order valence-electron chi connectivity index (χ4n) is 2.81. The molecule has 0 aliphatic heterocycles. The van der Waals surface area contributed by atoms with Crippen molar-refractivity contribution in [1.82, 2.24) is 20.3 Å². The van der Waals surface area contributed by atoms with Crippen molar-refractivity contribution in [2.75, 3.05) is 12.4 Å². The SMILES string of the molecule is COc1ccccc1CC(=O)Nc1cnn(CC(=O)NCc2cc(C(C)C)no2)c1. The standard InChI is InChI=1S/C21H25N5O4/c1-14(2)18-9-17(30-25-18)11-22-21(28)13-26-12-16(10-23-26)24-20(27)8-15-6-4-5-7-19(15)29-3/h4-7,9-10,12,14H,8,11,13H2,1-3H3,(H,22,28)(H,24,27). The summed E-state index contributed by atoms with van der Waals surface area (Å²) in [5.74, 6) is 1.09. The van der Waals surface area contributed by atoms with Crippen LogP contribution in [-0.4, -0.2) is 33.9 Å². The number of hydrogen-bond acceptors (Lipinski definition) is 6. The van der Waals surface area contributed by atoms with Gasteiger partial charge in [0.05, 0.1) is 37.7 Å². The Morgan fingerprint density at radius 1 is 1.23 bits per heavy atom. The van der Waals surface area contributed by atoms with Crippen LogP contribution in [0.25, 0.3) is 0 Å². The highest BCUT2D eigenvalue weighted by atomic mass is 16.5. The van der Waals surface area contributed by atoms with E-state index in [0.717, 1.165) is 11.3 Å². The van der Waals surface area contributed by atoms with Crippen molar-refractivity contribution < 1.29 is 18.8 Å². The number of hydrogen-bond donors (Lipinski definition) is 2. The van der Waals surface area contributed by atoms with Crippen LogP contribution in [-0.2, 0) is 29.1 Å². The third-order valence-corrected chi connectivity index (χ3v) is 4.39. The van der Waals surface area contributed by atoms with Gasteiger partial charge in [-0.3, -0.25) is 14.3 Å². The second-order valence-electron chi connectivity index (χ2n) is 7.11. The predicted molar refractivity (Wildman–Crippen MR) is 110 cm³/mol. The quantitative estimate of drug-likeness (QED) is 0.560. The summed E-state index contributed by atoms with van der Waals surface area (Å²) in [4.78, 5) is 24.4. The molecule has 9 heteroatoms. The molecule has 0 atom stereocenters. The molecule has 2 N–H and O–H groups in total. The molecule has 0 aliphatic carbocycles. The maximum atomic E-state index is 12.3. The lowest BCUT2D eigenvalue weighted by atomic mass is 10.1. The molecule has 2 aromatic heterocycles. The molecule has 0 fully saturated rings. The first-order valence-electron chi connectivity index (χ1n) is 9.61. The Morgan fingerprint density at radius 3 is 2.77 bits per heavy atom. The third kappa shape index (κ3) is 5.69. The monoisotopic (exact) mass is 411 g/mol. The number of nitrogens with zero attached hydrogens (tertiary/aromatic N) is 3. The van der Waals surface area contributed by atoms with Crippen LogP contribution < -0.4 is 15.4 Å². The number of methoxy groups -OCH3 is 1. The minimum Gasteiger partial charge on any atom is -0.496 e. The number of anilines is 1. The normalized spacial score (nSPS) is 10.8. The van der Waals surface area contributed by atoms with E-state index < -0.39 is 0 Å². The van der Waals surface area contributed by atoms with E-state index in [-0.39, 0.29) is 37.2 Å². The van der Waals surface area contributed by atoms with E-state index in [4.69, 9.17) is 9.26 Å². The molecule has 0 bridgehead atoms. The van der Waals surface area contributed by atoms with Crippen LogP contribution in [0.1, 0.15) is 36.8 Å². The number of amides is 2. The van der Waals surface area contributed by atoms with Crippen molar-refractivity contribution in [2.45, 2.75) is 39.3 Å². The number of carbonyl (C=O) groups is 2. The van der Waals surface area contributed by atoms with E-state index in [1.54, 1.807) is 13.3 Å². The van der Waals surface area contributed by atoms with Crippen LogP contribution in [0.3, 0.4) is 0 Å². The minimum atomic E-state index is -0.229. The smallest absolute Gasteiger partial charge is 0.242 e. The number of aromatic nitrogens is 3. The molecule has 2 amide bonds. The first-order valence-corrected chi connectivity index (χ1v) is 9.61. The molecule has 2 heterocycles. The molecule has 0 unspecified atom stereocenters. The van der Waals surface area contributed by atoms with Crippen molar-refractivity contribution in [2.24, 2.45) is 0 Å². The van der Waals surface area contributed by atoms with Gasteiger partial charge in [-0.25, -0.2) is 0 Å². The molecule has 9 nitrogen and oxygen atoms in total. The lowest BCUT2D eigenvalue weighted by Crippen LogP contribution is -2.27. The number of nitrogens with one attached hydrogen (secondary N) is 2. The third-order valence-electron chi connectivity index (χ3n) is 4.39. The Morgan fingerprint density at radius 2 is 2.03 bits per heavy atom. The van der Waals surface area contributed by atoms with E-state index in [1.807, 2.05) is 44.2 Å². The number of carbonyl (C=O) groups excluding carboxylic acids is 2. The van der Waals surface area contributed by atoms with E-state index in [9.17, 15) is 9.59 Å². The van der Waals surface area contributed by atoms with Crippen molar-refractivity contribution >= 4 is 17.5 Å². The number of benzene rings is 1. The summed E-state index contributed by atoms with van der Waals surface area (Å²) in [6.07, 6.45) is 3.27. The second-order valence-corrected chi connectivity index (χ2v) is 7.11. The fraction of sp³-hybridized carbons (Fsp3) is 0.333. The Labute approximate surface area is 174 Å². The summed E-state index contributed by atoms with van der Waals surface area (Å²) in [5.41, 5.74) is 2.15. The molecular formula is C21H25N5O4. The lowest BCUT2D eigenvalue weighted by molar-refractivity contribution is -0.122. The van der Waals surface area contributed by atoms with Gasteiger partial charge in [-0.05, 0) is 12.0 Å². The van der Waals surface area contributed by atoms with Crippen LogP contribution in [0.4, 0.5) is 5.69 Å².